The SMILES string of the molecule is COC(=O)C(C)n1nnc2ccc(Oc3c(F)cc(C(F)(F)F)cc3Cl)cc21. The first-order chi connectivity index (χ1) is 13.1. The molecule has 1 atom stereocenters. The smallest absolute Gasteiger partial charge is 0.416 e. The third kappa shape index (κ3) is 3.72. The Morgan fingerprint density at radius 2 is 1.96 bits per heavy atom. The van der Waals surface area contributed by atoms with E-state index >= 15 is 0 Å². The predicted molar refractivity (Wildman–Crippen MR) is 90.7 cm³/mol. The van der Waals surface area contributed by atoms with Gasteiger partial charge in [0, 0.05) is 6.07 Å². The number of methoxy groups -OCH3 is 1. The van der Waals surface area contributed by atoms with Crippen LogP contribution in [0.2, 0.25) is 5.02 Å². The Labute approximate surface area is 160 Å². The molecule has 3 aromatic rings. The maximum absolute atomic E-state index is 14.1. The number of benzene rings is 2. The van der Waals surface area contributed by atoms with Gasteiger partial charge in [0.1, 0.15) is 17.3 Å². The second kappa shape index (κ2) is 7.27. The third-order valence-electron chi connectivity index (χ3n) is 3.90. The Morgan fingerprint density at radius 1 is 1.25 bits per heavy atom. The van der Waals surface area contributed by atoms with E-state index < -0.39 is 40.3 Å². The van der Waals surface area contributed by atoms with E-state index in [2.05, 4.69) is 15.0 Å². The minimum absolute atomic E-state index is 0.0636. The minimum Gasteiger partial charge on any atom is -0.467 e. The Balaban J connectivity index is 1.98. The summed E-state index contributed by atoms with van der Waals surface area (Å²) in [5.74, 6) is -2.33. The zero-order valence-electron chi connectivity index (χ0n) is 14.4. The van der Waals surface area contributed by atoms with Gasteiger partial charge >= 0.3 is 12.1 Å². The highest BCUT2D eigenvalue weighted by molar-refractivity contribution is 6.32. The van der Waals surface area contributed by atoms with E-state index in [9.17, 15) is 22.4 Å². The van der Waals surface area contributed by atoms with E-state index in [1.165, 1.54) is 30.0 Å². The molecule has 0 saturated carbocycles. The molecule has 0 spiro atoms. The number of carbonyl (C=O) groups excluding carboxylic acids is 1. The maximum Gasteiger partial charge on any atom is 0.416 e. The topological polar surface area (TPSA) is 66.2 Å². The van der Waals surface area contributed by atoms with E-state index in [-0.39, 0.29) is 5.75 Å². The molecule has 0 aliphatic carbocycles. The lowest BCUT2D eigenvalue weighted by atomic mass is 10.2. The fourth-order valence-corrected chi connectivity index (χ4v) is 2.72. The zero-order chi connectivity index (χ0) is 20.6. The molecule has 0 fully saturated rings. The first-order valence-electron chi connectivity index (χ1n) is 7.78. The highest BCUT2D eigenvalue weighted by Gasteiger charge is 2.32. The second-order valence-corrected chi connectivity index (χ2v) is 6.16. The zero-order valence-corrected chi connectivity index (χ0v) is 15.2. The van der Waals surface area contributed by atoms with Crippen molar-refractivity contribution < 1.29 is 31.8 Å². The van der Waals surface area contributed by atoms with Crippen molar-refractivity contribution in [1.29, 1.82) is 0 Å². The Hall–Kier alpha value is -2.88. The van der Waals surface area contributed by atoms with Crippen LogP contribution in [-0.4, -0.2) is 28.1 Å². The lowest BCUT2D eigenvalue weighted by Crippen LogP contribution is -2.18. The van der Waals surface area contributed by atoms with E-state index in [0.29, 0.717) is 23.2 Å². The Bertz CT molecular complexity index is 1030. The van der Waals surface area contributed by atoms with Crippen LogP contribution >= 0.6 is 11.6 Å². The maximum atomic E-state index is 14.1. The van der Waals surface area contributed by atoms with E-state index in [0.717, 1.165) is 0 Å². The minimum atomic E-state index is -4.75. The molecule has 0 aliphatic rings. The Kier molecular flexibility index (Phi) is 5.16. The van der Waals surface area contributed by atoms with Crippen molar-refractivity contribution in [1.82, 2.24) is 15.0 Å². The van der Waals surface area contributed by atoms with Gasteiger partial charge in [0.05, 0.1) is 23.2 Å². The van der Waals surface area contributed by atoms with Crippen molar-refractivity contribution in [2.45, 2.75) is 19.1 Å². The molecule has 0 bridgehead atoms. The molecule has 2 aromatic carbocycles. The van der Waals surface area contributed by atoms with Crippen molar-refractivity contribution >= 4 is 28.6 Å². The lowest BCUT2D eigenvalue weighted by Gasteiger charge is -2.13. The van der Waals surface area contributed by atoms with Gasteiger partial charge in [-0.2, -0.15) is 13.2 Å². The molecule has 1 aromatic heterocycles. The van der Waals surface area contributed by atoms with Crippen LogP contribution in [0.25, 0.3) is 11.0 Å². The molecule has 0 aliphatic heterocycles. The van der Waals surface area contributed by atoms with Crippen LogP contribution in [0.3, 0.4) is 0 Å². The van der Waals surface area contributed by atoms with Crippen LogP contribution in [0.4, 0.5) is 17.6 Å². The van der Waals surface area contributed by atoms with Crippen molar-refractivity contribution in [3.05, 3.63) is 46.7 Å². The number of esters is 1. The molecule has 0 radical (unpaired) electrons. The van der Waals surface area contributed by atoms with Gasteiger partial charge in [0.2, 0.25) is 0 Å². The molecular formula is C17H12ClF4N3O3. The molecule has 11 heteroatoms. The summed E-state index contributed by atoms with van der Waals surface area (Å²) in [5, 5.41) is 7.23. The molecule has 0 N–H and O–H groups in total. The largest absolute Gasteiger partial charge is 0.467 e. The number of hydrogen-bond acceptors (Lipinski definition) is 5. The van der Waals surface area contributed by atoms with E-state index in [1.54, 1.807) is 6.92 Å². The van der Waals surface area contributed by atoms with Gasteiger partial charge < -0.3 is 9.47 Å². The summed E-state index contributed by atoms with van der Waals surface area (Å²) in [6.45, 7) is 1.54. The molecule has 0 saturated heterocycles. The van der Waals surface area contributed by atoms with Gasteiger partial charge in [-0.25, -0.2) is 13.9 Å². The molecule has 28 heavy (non-hydrogen) atoms. The van der Waals surface area contributed by atoms with Crippen molar-refractivity contribution in [2.75, 3.05) is 7.11 Å². The summed E-state index contributed by atoms with van der Waals surface area (Å²) in [6, 6.07) is 4.39. The number of ether oxygens (including phenoxy) is 2. The molecule has 3 rings (SSSR count). The van der Waals surface area contributed by atoms with Gasteiger partial charge in [0.25, 0.3) is 0 Å². The van der Waals surface area contributed by atoms with Gasteiger partial charge in [-0.3, -0.25) is 0 Å². The summed E-state index contributed by atoms with van der Waals surface area (Å²) in [4.78, 5) is 11.7. The average Bonchev–Trinajstić information content (AvgIpc) is 3.05. The summed E-state index contributed by atoms with van der Waals surface area (Å²) in [5.41, 5.74) is -0.437. The molecule has 1 heterocycles. The Morgan fingerprint density at radius 3 is 2.57 bits per heavy atom. The number of fused-ring (bicyclic) bond motifs is 1. The number of alkyl halides is 3. The standard InChI is InChI=1S/C17H12ClF4N3O3/c1-8(16(26)27-2)25-14-7-10(3-4-13(14)23-24-25)28-15-11(18)5-9(6-12(15)19)17(20,21)22/h3-8H,1-2H3. The van der Waals surface area contributed by atoms with E-state index in [4.69, 9.17) is 16.3 Å². The first kappa shape index (κ1) is 19.9. The van der Waals surface area contributed by atoms with Gasteiger partial charge in [-0.05, 0) is 31.2 Å². The van der Waals surface area contributed by atoms with Crippen LogP contribution in [0.1, 0.15) is 18.5 Å². The third-order valence-corrected chi connectivity index (χ3v) is 4.18. The quantitative estimate of drug-likeness (QED) is 0.452. The molecule has 0 amide bonds. The summed E-state index contributed by atoms with van der Waals surface area (Å²) >= 11 is 5.77. The number of rotatable bonds is 4. The number of halogens is 5. The summed E-state index contributed by atoms with van der Waals surface area (Å²) in [7, 11) is 1.22. The number of hydrogen-bond donors (Lipinski definition) is 0. The first-order valence-corrected chi connectivity index (χ1v) is 8.16. The summed E-state index contributed by atoms with van der Waals surface area (Å²) < 4.78 is 63.6. The van der Waals surface area contributed by atoms with Gasteiger partial charge in [-0.1, -0.05) is 16.8 Å². The molecular weight excluding hydrogens is 406 g/mol. The number of nitrogens with zero attached hydrogens (tertiary/aromatic N) is 3. The molecule has 148 valence electrons. The van der Waals surface area contributed by atoms with Gasteiger partial charge in [0.15, 0.2) is 11.6 Å². The number of carbonyl (C=O) groups is 1. The molecule has 1 unspecified atom stereocenters. The highest BCUT2D eigenvalue weighted by Crippen LogP contribution is 2.39. The fraction of sp³-hybridized carbons (Fsp3) is 0.235. The van der Waals surface area contributed by atoms with Crippen LogP contribution in [-0.2, 0) is 15.7 Å². The average molecular weight is 418 g/mol. The number of aromatic nitrogens is 3. The summed E-state index contributed by atoms with van der Waals surface area (Å²) in [6.07, 6.45) is -4.75. The van der Waals surface area contributed by atoms with Crippen molar-refractivity contribution in [3.8, 4) is 11.5 Å². The highest BCUT2D eigenvalue weighted by atomic mass is 35.5. The lowest BCUT2D eigenvalue weighted by molar-refractivity contribution is -0.144. The fourth-order valence-electron chi connectivity index (χ4n) is 2.47. The van der Waals surface area contributed by atoms with Crippen molar-refractivity contribution in [2.24, 2.45) is 0 Å². The van der Waals surface area contributed by atoms with Crippen molar-refractivity contribution in [3.63, 3.8) is 0 Å². The van der Waals surface area contributed by atoms with E-state index in [1.807, 2.05) is 0 Å². The molecule has 6 nitrogen and oxygen atoms in total. The van der Waals surface area contributed by atoms with Crippen LogP contribution < -0.4 is 4.74 Å². The van der Waals surface area contributed by atoms with Crippen LogP contribution in [0.15, 0.2) is 30.3 Å². The normalized spacial score (nSPS) is 12.8. The van der Waals surface area contributed by atoms with Crippen LogP contribution in [0.5, 0.6) is 11.5 Å². The second-order valence-electron chi connectivity index (χ2n) is 5.75. The van der Waals surface area contributed by atoms with Crippen LogP contribution in [0, 0.1) is 5.82 Å². The monoisotopic (exact) mass is 417 g/mol. The van der Waals surface area contributed by atoms with Gasteiger partial charge in [-0.15, -0.1) is 5.10 Å². The predicted octanol–water partition coefficient (Wildman–Crippen LogP) is 4.77.